The maximum absolute atomic E-state index is 13.6. The summed E-state index contributed by atoms with van der Waals surface area (Å²) in [5, 5.41) is 0. The number of methoxy groups -OCH3 is 1. The third-order valence-electron chi connectivity index (χ3n) is 7.26. The summed E-state index contributed by atoms with van der Waals surface area (Å²) in [5.41, 5.74) is 0.981. The summed E-state index contributed by atoms with van der Waals surface area (Å²) in [6, 6.07) is 5.14. The van der Waals surface area contributed by atoms with Gasteiger partial charge >= 0.3 is 6.09 Å². The standard InChI is InChI=1S/C24H38FN3O7S2/c1-17-14-22(26-37(32,33)27(2)12-13-36(4,30)31)23(28(17)24(29)34-3)16-35-21-10-8-18(9-11-21)19-6-5-7-20(25)15-19/h5-7,15,17-18,21-23,26H,8-14,16H2,1-4H3/t17-,18?,21?,22+,23+/m1/s1. The van der Waals surface area contributed by atoms with Crippen LogP contribution < -0.4 is 4.72 Å². The van der Waals surface area contributed by atoms with E-state index in [0.717, 1.165) is 41.8 Å². The van der Waals surface area contributed by atoms with Crippen LogP contribution in [0.15, 0.2) is 24.3 Å². The lowest BCUT2D eigenvalue weighted by molar-refractivity contribution is -0.00866. The number of hydrogen-bond acceptors (Lipinski definition) is 7. The molecule has 1 saturated heterocycles. The summed E-state index contributed by atoms with van der Waals surface area (Å²) in [5.74, 6) is -0.287. The zero-order valence-electron chi connectivity index (χ0n) is 21.8. The number of rotatable bonds is 10. The van der Waals surface area contributed by atoms with Crippen LogP contribution in [0, 0.1) is 5.82 Å². The minimum Gasteiger partial charge on any atom is -0.453 e. The van der Waals surface area contributed by atoms with Crippen molar-refractivity contribution in [2.24, 2.45) is 0 Å². The van der Waals surface area contributed by atoms with Gasteiger partial charge in [-0.05, 0) is 62.6 Å². The van der Waals surface area contributed by atoms with E-state index in [9.17, 15) is 26.0 Å². The number of sulfone groups is 1. The molecule has 37 heavy (non-hydrogen) atoms. The molecule has 2 aliphatic rings. The van der Waals surface area contributed by atoms with Crippen LogP contribution in [0.4, 0.5) is 9.18 Å². The lowest BCUT2D eigenvalue weighted by atomic mass is 9.82. The fourth-order valence-corrected chi connectivity index (χ4v) is 7.03. The van der Waals surface area contributed by atoms with Crippen molar-refractivity contribution >= 4 is 26.1 Å². The van der Waals surface area contributed by atoms with E-state index in [-0.39, 0.29) is 42.8 Å². The van der Waals surface area contributed by atoms with Crippen LogP contribution in [0.1, 0.15) is 50.5 Å². The minimum absolute atomic E-state index is 0.0603. The summed E-state index contributed by atoms with van der Waals surface area (Å²) in [6.07, 6.45) is 4.01. The molecule has 210 valence electrons. The number of carbonyl (C=O) groups excluding carboxylic acids is 1. The first-order valence-corrected chi connectivity index (χ1v) is 16.0. The van der Waals surface area contributed by atoms with Crippen molar-refractivity contribution in [3.63, 3.8) is 0 Å². The van der Waals surface area contributed by atoms with E-state index < -0.39 is 38.2 Å². The molecular weight excluding hydrogens is 525 g/mol. The maximum Gasteiger partial charge on any atom is 0.410 e. The van der Waals surface area contributed by atoms with E-state index in [2.05, 4.69) is 4.72 Å². The van der Waals surface area contributed by atoms with E-state index in [4.69, 9.17) is 9.47 Å². The van der Waals surface area contributed by atoms with Gasteiger partial charge in [0.1, 0.15) is 15.7 Å². The monoisotopic (exact) mass is 563 g/mol. The third-order valence-corrected chi connectivity index (χ3v) is 9.79. The molecule has 1 N–H and O–H groups in total. The molecule has 0 radical (unpaired) electrons. The van der Waals surface area contributed by atoms with Crippen molar-refractivity contribution in [1.29, 1.82) is 0 Å². The molecule has 2 fully saturated rings. The SMILES string of the molecule is COC(=O)N1[C@H](C)C[C@H](NS(=O)(=O)N(C)CCS(C)(=O)=O)[C@@H]1COC1CCC(c2cccc(F)c2)CC1. The van der Waals surface area contributed by atoms with E-state index in [1.54, 1.807) is 12.1 Å². The Bertz CT molecular complexity index is 1140. The highest BCUT2D eigenvalue weighted by atomic mass is 32.2. The zero-order chi connectivity index (χ0) is 27.4. The highest BCUT2D eigenvalue weighted by Crippen LogP contribution is 2.35. The van der Waals surface area contributed by atoms with Gasteiger partial charge in [-0.2, -0.15) is 17.4 Å². The van der Waals surface area contributed by atoms with Crippen LogP contribution in [0.25, 0.3) is 0 Å². The Balaban J connectivity index is 1.64. The van der Waals surface area contributed by atoms with Crippen LogP contribution in [-0.4, -0.2) is 95.7 Å². The van der Waals surface area contributed by atoms with Crippen LogP contribution in [0.5, 0.6) is 0 Å². The van der Waals surface area contributed by atoms with Gasteiger partial charge in [0, 0.05) is 31.9 Å². The third kappa shape index (κ3) is 8.09. The van der Waals surface area contributed by atoms with Crippen molar-refractivity contribution in [2.45, 2.75) is 69.2 Å². The second-order valence-corrected chi connectivity index (χ2v) is 14.1. The summed E-state index contributed by atoms with van der Waals surface area (Å²) in [4.78, 5) is 14.0. The molecule has 3 atom stereocenters. The van der Waals surface area contributed by atoms with Gasteiger partial charge in [0.15, 0.2) is 0 Å². The molecule has 0 aromatic heterocycles. The Morgan fingerprint density at radius 2 is 1.86 bits per heavy atom. The summed E-state index contributed by atoms with van der Waals surface area (Å²) >= 11 is 0. The first kappa shape index (κ1) is 29.8. The summed E-state index contributed by atoms with van der Waals surface area (Å²) < 4.78 is 77.1. The van der Waals surface area contributed by atoms with Gasteiger partial charge in [-0.1, -0.05) is 12.1 Å². The van der Waals surface area contributed by atoms with Gasteiger partial charge in [0.2, 0.25) is 0 Å². The second-order valence-electron chi connectivity index (χ2n) is 10.1. The molecular formula is C24H38FN3O7S2. The topological polar surface area (TPSA) is 122 Å². The van der Waals surface area contributed by atoms with E-state index in [1.807, 2.05) is 13.0 Å². The van der Waals surface area contributed by atoms with Gasteiger partial charge in [-0.15, -0.1) is 0 Å². The average molecular weight is 564 g/mol. The highest BCUT2D eigenvalue weighted by molar-refractivity contribution is 7.90. The Morgan fingerprint density at radius 1 is 1.19 bits per heavy atom. The van der Waals surface area contributed by atoms with Crippen molar-refractivity contribution in [3.8, 4) is 0 Å². The minimum atomic E-state index is -4.01. The summed E-state index contributed by atoms with van der Waals surface area (Å²) in [7, 11) is -4.76. The number of halogens is 1. The van der Waals surface area contributed by atoms with E-state index >= 15 is 0 Å². The van der Waals surface area contributed by atoms with Crippen molar-refractivity contribution in [2.75, 3.05) is 39.3 Å². The zero-order valence-corrected chi connectivity index (χ0v) is 23.4. The van der Waals surface area contributed by atoms with Crippen molar-refractivity contribution < 1.29 is 35.5 Å². The number of ether oxygens (including phenoxy) is 2. The van der Waals surface area contributed by atoms with Gasteiger partial charge < -0.3 is 9.47 Å². The fraction of sp³-hybridized carbons (Fsp3) is 0.708. The predicted octanol–water partition coefficient (Wildman–Crippen LogP) is 2.28. The molecule has 1 aromatic rings. The Labute approximate surface area is 219 Å². The molecule has 10 nitrogen and oxygen atoms in total. The van der Waals surface area contributed by atoms with Crippen LogP contribution >= 0.6 is 0 Å². The number of nitrogens with one attached hydrogen (secondary N) is 1. The number of carbonyl (C=O) groups is 1. The molecule has 1 aliphatic carbocycles. The van der Waals surface area contributed by atoms with Crippen LogP contribution in [0.2, 0.25) is 0 Å². The predicted molar refractivity (Wildman–Crippen MR) is 138 cm³/mol. The van der Waals surface area contributed by atoms with Crippen molar-refractivity contribution in [3.05, 3.63) is 35.6 Å². The lowest BCUT2D eigenvalue weighted by Crippen LogP contribution is -2.53. The van der Waals surface area contributed by atoms with Gasteiger partial charge in [0.05, 0.1) is 31.6 Å². The smallest absolute Gasteiger partial charge is 0.410 e. The lowest BCUT2D eigenvalue weighted by Gasteiger charge is -2.33. The molecule has 0 spiro atoms. The molecule has 1 saturated carbocycles. The molecule has 1 aliphatic heterocycles. The van der Waals surface area contributed by atoms with E-state index in [1.165, 1.54) is 25.1 Å². The number of amides is 1. The molecule has 0 bridgehead atoms. The average Bonchev–Trinajstić information content (AvgIpc) is 3.14. The first-order valence-electron chi connectivity index (χ1n) is 12.5. The molecule has 3 rings (SSSR count). The van der Waals surface area contributed by atoms with Crippen LogP contribution in [-0.2, 0) is 29.5 Å². The fourth-order valence-electron chi connectivity index (χ4n) is 5.16. The van der Waals surface area contributed by atoms with Gasteiger partial charge in [-0.3, -0.25) is 4.90 Å². The highest BCUT2D eigenvalue weighted by Gasteiger charge is 2.45. The number of benzene rings is 1. The number of likely N-dealkylation sites (tertiary alicyclic amines) is 1. The molecule has 13 heteroatoms. The molecule has 0 unspecified atom stereocenters. The number of hydrogen-bond donors (Lipinski definition) is 1. The largest absolute Gasteiger partial charge is 0.453 e. The quantitative estimate of drug-likeness (QED) is 0.463. The molecule has 1 amide bonds. The van der Waals surface area contributed by atoms with Crippen LogP contribution in [0.3, 0.4) is 0 Å². The van der Waals surface area contributed by atoms with E-state index in [0.29, 0.717) is 6.42 Å². The van der Waals surface area contributed by atoms with Crippen molar-refractivity contribution in [1.82, 2.24) is 13.9 Å². The summed E-state index contributed by atoms with van der Waals surface area (Å²) in [6.45, 7) is 1.75. The van der Waals surface area contributed by atoms with Gasteiger partial charge in [-0.25, -0.2) is 17.6 Å². The molecule has 1 aromatic carbocycles. The first-order chi connectivity index (χ1) is 17.3. The van der Waals surface area contributed by atoms with Gasteiger partial charge in [0.25, 0.3) is 10.2 Å². The second kappa shape index (κ2) is 12.4. The number of nitrogens with zero attached hydrogens (tertiary/aromatic N) is 2. The Kier molecular flexibility index (Phi) is 9.95. The Hall–Kier alpha value is -1.80. The Morgan fingerprint density at radius 3 is 2.46 bits per heavy atom. The normalized spacial score (nSPS) is 27.0. The molecule has 1 heterocycles. The maximum atomic E-state index is 13.6.